The maximum atomic E-state index is 6.73. The third-order valence-corrected chi connectivity index (χ3v) is 10.2. The van der Waals surface area contributed by atoms with E-state index in [4.69, 9.17) is 20.9 Å². The first-order valence-electron chi connectivity index (χ1n) is 18.8. The summed E-state index contributed by atoms with van der Waals surface area (Å²) in [7, 11) is 0. The van der Waals surface area contributed by atoms with E-state index >= 15 is 0 Å². The first kappa shape index (κ1) is 36.5. The summed E-state index contributed by atoms with van der Waals surface area (Å²) in [4.78, 5) is 0. The van der Waals surface area contributed by atoms with E-state index in [1.807, 2.05) is 0 Å². The van der Waals surface area contributed by atoms with E-state index in [9.17, 15) is 0 Å². The van der Waals surface area contributed by atoms with Gasteiger partial charge in [0.15, 0.2) is 0 Å². The Morgan fingerprint density at radius 2 is 0.745 bits per heavy atom. The highest BCUT2D eigenvalue weighted by Gasteiger charge is 2.30. The lowest BCUT2D eigenvalue weighted by atomic mass is 9.83. The molecule has 0 aromatic heterocycles. The molecule has 264 valence electrons. The fourth-order valence-electron chi connectivity index (χ4n) is 7.59. The minimum Gasteiger partial charge on any atom is -0.373 e. The zero-order valence-electron chi connectivity index (χ0n) is 30.2. The number of hydrogen-bond donors (Lipinski definition) is 2. The molecule has 51 heavy (non-hydrogen) atoms. The van der Waals surface area contributed by atoms with E-state index in [1.54, 1.807) is 0 Å². The van der Waals surface area contributed by atoms with Crippen LogP contribution in [-0.4, -0.2) is 25.3 Å². The van der Waals surface area contributed by atoms with Crippen LogP contribution in [0, 0.1) is 0 Å². The number of fused-ring (bicyclic) bond motifs is 2. The first-order chi connectivity index (χ1) is 25.0. The number of ether oxygens (including phenoxy) is 2. The fourth-order valence-corrected chi connectivity index (χ4v) is 7.59. The van der Waals surface area contributed by atoms with Gasteiger partial charge in [-0.15, -0.1) is 0 Å². The highest BCUT2D eigenvalue weighted by molar-refractivity contribution is 5.84. The van der Waals surface area contributed by atoms with Crippen LogP contribution in [0.5, 0.6) is 0 Å². The second-order valence-corrected chi connectivity index (χ2v) is 14.2. The van der Waals surface area contributed by atoms with Crippen molar-refractivity contribution >= 4 is 21.5 Å². The van der Waals surface area contributed by atoms with Crippen molar-refractivity contribution in [1.29, 1.82) is 0 Å². The average molecular weight is 679 g/mol. The van der Waals surface area contributed by atoms with Gasteiger partial charge < -0.3 is 20.9 Å². The molecule has 0 bridgehead atoms. The molecule has 0 saturated heterocycles. The summed E-state index contributed by atoms with van der Waals surface area (Å²) in [6.07, 6.45) is 5.16. The third-order valence-electron chi connectivity index (χ3n) is 10.2. The molecule has 4 N–H and O–H groups in total. The molecule has 0 amide bonds. The first-order valence-corrected chi connectivity index (χ1v) is 18.8. The highest BCUT2D eigenvalue weighted by atomic mass is 16.5. The van der Waals surface area contributed by atoms with Crippen LogP contribution in [0.1, 0.15) is 92.2 Å². The smallest absolute Gasteiger partial charge is 0.0908 e. The lowest BCUT2D eigenvalue weighted by Gasteiger charge is -2.31. The van der Waals surface area contributed by atoms with Gasteiger partial charge in [-0.25, -0.2) is 0 Å². The van der Waals surface area contributed by atoms with E-state index < -0.39 is 0 Å². The van der Waals surface area contributed by atoms with Crippen molar-refractivity contribution < 1.29 is 9.47 Å². The molecule has 6 rings (SSSR count). The van der Waals surface area contributed by atoms with Crippen molar-refractivity contribution in [3.05, 3.63) is 168 Å². The SMILES string of the molecule is CC(N)C(c1ccc2ccccc2c1)C(OCCCCCCCOC(c1ccccc1)C(c1ccc2ccccc2c1)C(C)N)c1ccccc1. The minimum absolute atomic E-state index is 0.0430. The zero-order valence-corrected chi connectivity index (χ0v) is 30.2. The highest BCUT2D eigenvalue weighted by Crippen LogP contribution is 2.39. The molecular formula is C47H54N2O2. The van der Waals surface area contributed by atoms with Crippen molar-refractivity contribution in [2.75, 3.05) is 13.2 Å². The summed E-state index contributed by atoms with van der Waals surface area (Å²) in [6, 6.07) is 51.4. The Labute approximate surface area is 304 Å². The van der Waals surface area contributed by atoms with Crippen LogP contribution >= 0.6 is 0 Å². The Balaban J connectivity index is 1.03. The van der Waals surface area contributed by atoms with Crippen LogP contribution < -0.4 is 11.5 Å². The Morgan fingerprint density at radius 3 is 1.14 bits per heavy atom. The summed E-state index contributed by atoms with van der Waals surface area (Å²) in [6.45, 7) is 5.60. The summed E-state index contributed by atoms with van der Waals surface area (Å²) in [5.41, 5.74) is 18.2. The maximum Gasteiger partial charge on any atom is 0.0908 e. The van der Waals surface area contributed by atoms with Gasteiger partial charge in [-0.05, 0) is 70.5 Å². The zero-order chi connectivity index (χ0) is 35.4. The normalized spacial score (nSPS) is 15.3. The Hall–Kier alpha value is -4.32. The topological polar surface area (TPSA) is 70.5 Å². The number of nitrogens with two attached hydrogens (primary N) is 2. The van der Waals surface area contributed by atoms with Gasteiger partial charge in [-0.1, -0.05) is 165 Å². The van der Waals surface area contributed by atoms with Gasteiger partial charge in [-0.3, -0.25) is 0 Å². The van der Waals surface area contributed by atoms with Crippen molar-refractivity contribution in [2.45, 2.75) is 82.1 Å². The van der Waals surface area contributed by atoms with Gasteiger partial charge in [0.1, 0.15) is 0 Å². The number of rotatable bonds is 18. The van der Waals surface area contributed by atoms with Crippen molar-refractivity contribution in [3.8, 4) is 0 Å². The number of benzene rings is 6. The van der Waals surface area contributed by atoms with Gasteiger partial charge in [0.05, 0.1) is 12.2 Å². The van der Waals surface area contributed by atoms with Crippen LogP contribution in [0.4, 0.5) is 0 Å². The monoisotopic (exact) mass is 678 g/mol. The van der Waals surface area contributed by atoms with Crippen molar-refractivity contribution in [2.24, 2.45) is 11.5 Å². The molecule has 0 aliphatic rings. The van der Waals surface area contributed by atoms with E-state index in [1.165, 1.54) is 43.8 Å². The van der Waals surface area contributed by atoms with E-state index in [-0.39, 0.29) is 36.1 Å². The fraction of sp³-hybridized carbons (Fsp3) is 0.319. The standard InChI is InChI=1S/C47H54N2O2/c1-34(48)44(42-28-26-36-18-12-14-24-40(36)32-42)46(38-20-8-6-9-21-38)50-30-16-4-3-5-17-31-51-47(39-22-10-7-11-23-39)45(35(2)49)43-29-27-37-19-13-15-25-41(37)33-43/h6-15,18-29,32-35,44-47H,3-5,16-17,30-31,48-49H2,1-2H3. The molecule has 0 aliphatic carbocycles. The number of unbranched alkanes of at least 4 members (excludes halogenated alkanes) is 4. The lowest BCUT2D eigenvalue weighted by Crippen LogP contribution is -2.31. The van der Waals surface area contributed by atoms with E-state index in [0.717, 1.165) is 32.1 Å². The van der Waals surface area contributed by atoms with Gasteiger partial charge in [0, 0.05) is 37.1 Å². The van der Waals surface area contributed by atoms with Gasteiger partial charge in [0.25, 0.3) is 0 Å². The van der Waals surface area contributed by atoms with Gasteiger partial charge in [-0.2, -0.15) is 0 Å². The molecule has 6 aromatic rings. The molecule has 0 spiro atoms. The molecule has 0 aliphatic heterocycles. The molecule has 6 atom stereocenters. The van der Waals surface area contributed by atoms with Crippen LogP contribution in [-0.2, 0) is 9.47 Å². The van der Waals surface area contributed by atoms with Gasteiger partial charge >= 0.3 is 0 Å². The molecule has 4 nitrogen and oxygen atoms in total. The molecule has 0 saturated carbocycles. The molecule has 4 heteroatoms. The molecule has 6 aromatic carbocycles. The molecule has 0 fully saturated rings. The van der Waals surface area contributed by atoms with E-state index in [0.29, 0.717) is 13.2 Å². The summed E-state index contributed by atoms with van der Waals surface area (Å²) < 4.78 is 13.5. The van der Waals surface area contributed by atoms with E-state index in [2.05, 4.69) is 159 Å². The molecule has 0 heterocycles. The van der Waals surface area contributed by atoms with Crippen LogP contribution in [0.25, 0.3) is 21.5 Å². The quantitative estimate of drug-likeness (QED) is 0.0888. The average Bonchev–Trinajstić information content (AvgIpc) is 3.16. The lowest BCUT2D eigenvalue weighted by molar-refractivity contribution is 0.0230. The van der Waals surface area contributed by atoms with Crippen molar-refractivity contribution in [1.82, 2.24) is 0 Å². The Bertz CT molecular complexity index is 1780. The predicted octanol–water partition coefficient (Wildman–Crippen LogP) is 11.0. The summed E-state index contributed by atoms with van der Waals surface area (Å²) in [5.74, 6) is 0.0859. The molecule has 0 radical (unpaired) electrons. The second-order valence-electron chi connectivity index (χ2n) is 14.2. The third kappa shape index (κ3) is 9.52. The van der Waals surface area contributed by atoms with Crippen LogP contribution in [0.2, 0.25) is 0 Å². The van der Waals surface area contributed by atoms with Gasteiger partial charge in [0.2, 0.25) is 0 Å². The predicted molar refractivity (Wildman–Crippen MR) is 214 cm³/mol. The minimum atomic E-state index is -0.115. The molecule has 6 unspecified atom stereocenters. The molecular weight excluding hydrogens is 625 g/mol. The van der Waals surface area contributed by atoms with Crippen LogP contribution in [0.3, 0.4) is 0 Å². The van der Waals surface area contributed by atoms with Crippen molar-refractivity contribution in [3.63, 3.8) is 0 Å². The maximum absolute atomic E-state index is 6.73. The number of hydrogen-bond acceptors (Lipinski definition) is 4. The Morgan fingerprint density at radius 1 is 0.392 bits per heavy atom. The summed E-state index contributed by atoms with van der Waals surface area (Å²) in [5, 5.41) is 4.93. The summed E-state index contributed by atoms with van der Waals surface area (Å²) >= 11 is 0. The van der Waals surface area contributed by atoms with Crippen LogP contribution in [0.15, 0.2) is 146 Å². The largest absolute Gasteiger partial charge is 0.373 e. The Kier molecular flexibility index (Phi) is 13.1. The second kappa shape index (κ2) is 18.3.